The molecule has 0 atom stereocenters. The maximum atomic E-state index is 13.0. The number of nitrogens with zero attached hydrogens (tertiary/aromatic N) is 2. The molecular formula is C26H35N5O3S. The highest BCUT2D eigenvalue weighted by Crippen LogP contribution is 2.26. The summed E-state index contributed by atoms with van der Waals surface area (Å²) in [5.41, 5.74) is 3.83. The summed E-state index contributed by atoms with van der Waals surface area (Å²) in [6.45, 7) is 6.02. The molecule has 1 aromatic heterocycles. The van der Waals surface area contributed by atoms with Gasteiger partial charge < -0.3 is 20.7 Å². The van der Waals surface area contributed by atoms with Gasteiger partial charge >= 0.3 is 6.09 Å². The first-order valence-corrected chi connectivity index (χ1v) is 12.9. The molecule has 1 aromatic carbocycles. The van der Waals surface area contributed by atoms with Crippen LogP contribution < -0.4 is 16.0 Å². The third-order valence-electron chi connectivity index (χ3n) is 5.24. The molecule has 0 unspecified atom stereocenters. The van der Waals surface area contributed by atoms with Crippen LogP contribution in [-0.4, -0.2) is 52.5 Å². The van der Waals surface area contributed by atoms with Crippen LogP contribution in [0.2, 0.25) is 0 Å². The minimum atomic E-state index is -0.508. The van der Waals surface area contributed by atoms with E-state index in [1.165, 1.54) is 0 Å². The number of nitrogens with one attached hydrogen (secondary N) is 3. The van der Waals surface area contributed by atoms with Gasteiger partial charge in [-0.15, -0.1) is 0 Å². The average Bonchev–Trinajstić information content (AvgIpc) is 3.19. The quantitative estimate of drug-likeness (QED) is 0.423. The Kier molecular flexibility index (Phi) is 9.03. The SMILES string of the molecule is CNc1cc(-c2ccc(NC(=O)C3=CCCC=C3CSCCNC(=O)OC(C)(C)C)cc2)nn1C. The van der Waals surface area contributed by atoms with E-state index < -0.39 is 11.7 Å². The highest BCUT2D eigenvalue weighted by atomic mass is 32.2. The standard InChI is InChI=1S/C26H35N5O3S/c1-26(2,3)34-25(33)28-14-15-35-17-19-8-6-7-9-21(19)24(32)29-20-12-10-18(11-13-20)22-16-23(27-4)31(5)30-22/h8-13,16,27H,6-7,14-15,17H2,1-5H3,(H,28,33)(H,29,32). The Labute approximate surface area is 211 Å². The van der Waals surface area contributed by atoms with Gasteiger partial charge in [0.25, 0.3) is 5.91 Å². The molecule has 0 saturated heterocycles. The normalized spacial score (nSPS) is 13.5. The van der Waals surface area contributed by atoms with E-state index in [0.29, 0.717) is 12.3 Å². The summed E-state index contributed by atoms with van der Waals surface area (Å²) in [7, 11) is 3.75. The second kappa shape index (κ2) is 12.0. The summed E-state index contributed by atoms with van der Waals surface area (Å²) in [6.07, 6.45) is 5.50. The molecular weight excluding hydrogens is 462 g/mol. The lowest BCUT2D eigenvalue weighted by Gasteiger charge is -2.19. The number of allylic oxidation sites excluding steroid dienone is 2. The van der Waals surface area contributed by atoms with Crippen LogP contribution in [0.25, 0.3) is 11.3 Å². The van der Waals surface area contributed by atoms with Crippen LogP contribution in [-0.2, 0) is 16.6 Å². The number of rotatable bonds is 9. The number of aryl methyl sites for hydroxylation is 1. The molecule has 2 amide bonds. The highest BCUT2D eigenvalue weighted by molar-refractivity contribution is 7.99. The van der Waals surface area contributed by atoms with Gasteiger partial charge in [0.15, 0.2) is 0 Å². The third kappa shape index (κ3) is 7.92. The van der Waals surface area contributed by atoms with Gasteiger partial charge in [0, 0.05) is 55.0 Å². The van der Waals surface area contributed by atoms with E-state index in [1.54, 1.807) is 16.4 Å². The van der Waals surface area contributed by atoms with Crippen LogP contribution in [0, 0.1) is 0 Å². The van der Waals surface area contributed by atoms with E-state index in [2.05, 4.69) is 27.1 Å². The van der Waals surface area contributed by atoms with Crippen molar-refractivity contribution in [3.05, 3.63) is 53.6 Å². The fourth-order valence-electron chi connectivity index (χ4n) is 3.59. The minimum Gasteiger partial charge on any atom is -0.444 e. The maximum absolute atomic E-state index is 13.0. The molecule has 0 spiro atoms. The highest BCUT2D eigenvalue weighted by Gasteiger charge is 2.18. The van der Waals surface area contributed by atoms with Crippen molar-refractivity contribution in [2.75, 3.05) is 35.7 Å². The number of thioether (sulfide) groups is 1. The summed E-state index contributed by atoms with van der Waals surface area (Å²) in [5, 5.41) is 13.4. The first-order chi connectivity index (χ1) is 16.7. The van der Waals surface area contributed by atoms with E-state index in [0.717, 1.165) is 52.5 Å². The van der Waals surface area contributed by atoms with Gasteiger partial charge in [0.05, 0.1) is 5.69 Å². The maximum Gasteiger partial charge on any atom is 0.407 e. The number of carbonyl (C=O) groups excluding carboxylic acids is 2. The smallest absolute Gasteiger partial charge is 0.407 e. The molecule has 188 valence electrons. The zero-order valence-corrected chi connectivity index (χ0v) is 21.9. The number of carbonyl (C=O) groups is 2. The zero-order valence-electron chi connectivity index (χ0n) is 21.1. The van der Waals surface area contributed by atoms with Gasteiger partial charge in [0.1, 0.15) is 11.4 Å². The van der Waals surface area contributed by atoms with Crippen LogP contribution in [0.15, 0.2) is 53.6 Å². The molecule has 0 bridgehead atoms. The van der Waals surface area contributed by atoms with Crippen molar-refractivity contribution in [1.29, 1.82) is 0 Å². The van der Waals surface area contributed by atoms with E-state index in [9.17, 15) is 9.59 Å². The molecule has 1 aliphatic rings. The minimum absolute atomic E-state index is 0.105. The van der Waals surface area contributed by atoms with Crippen molar-refractivity contribution in [2.45, 2.75) is 39.2 Å². The number of hydrogen-bond acceptors (Lipinski definition) is 6. The molecule has 1 heterocycles. The first kappa shape index (κ1) is 26.4. The Bertz CT molecular complexity index is 1100. The molecule has 2 aromatic rings. The molecule has 0 saturated carbocycles. The van der Waals surface area contributed by atoms with Crippen molar-refractivity contribution in [1.82, 2.24) is 15.1 Å². The van der Waals surface area contributed by atoms with Crippen molar-refractivity contribution in [2.24, 2.45) is 7.05 Å². The van der Waals surface area contributed by atoms with Crippen LogP contribution in [0.4, 0.5) is 16.3 Å². The Morgan fingerprint density at radius 2 is 1.86 bits per heavy atom. The molecule has 3 rings (SSSR count). The van der Waals surface area contributed by atoms with Gasteiger partial charge in [-0.2, -0.15) is 16.9 Å². The number of amides is 2. The van der Waals surface area contributed by atoms with Crippen LogP contribution in [0.1, 0.15) is 33.6 Å². The lowest BCUT2D eigenvalue weighted by molar-refractivity contribution is -0.112. The summed E-state index contributed by atoms with van der Waals surface area (Å²) in [5.74, 6) is 2.27. The topological polar surface area (TPSA) is 97.3 Å². The number of ether oxygens (including phenoxy) is 1. The van der Waals surface area contributed by atoms with Crippen LogP contribution in [0.3, 0.4) is 0 Å². The molecule has 35 heavy (non-hydrogen) atoms. The Balaban J connectivity index is 1.50. The van der Waals surface area contributed by atoms with E-state index >= 15 is 0 Å². The fourth-order valence-corrected chi connectivity index (χ4v) is 4.47. The predicted octanol–water partition coefficient (Wildman–Crippen LogP) is 4.97. The molecule has 0 fully saturated rings. The molecule has 1 aliphatic carbocycles. The number of hydrogen-bond donors (Lipinski definition) is 3. The number of alkyl carbamates (subject to hydrolysis) is 1. The van der Waals surface area contributed by atoms with Crippen LogP contribution >= 0.6 is 11.8 Å². The van der Waals surface area contributed by atoms with Gasteiger partial charge in [-0.25, -0.2) is 4.79 Å². The second-order valence-corrected chi connectivity index (χ2v) is 10.3. The third-order valence-corrected chi connectivity index (χ3v) is 6.25. The molecule has 0 radical (unpaired) electrons. The summed E-state index contributed by atoms with van der Waals surface area (Å²) in [4.78, 5) is 24.8. The molecule has 8 nitrogen and oxygen atoms in total. The zero-order chi connectivity index (χ0) is 25.4. The largest absolute Gasteiger partial charge is 0.444 e. The predicted molar refractivity (Wildman–Crippen MR) is 144 cm³/mol. The lowest BCUT2D eigenvalue weighted by atomic mass is 9.98. The lowest BCUT2D eigenvalue weighted by Crippen LogP contribution is -2.33. The average molecular weight is 498 g/mol. The van der Waals surface area contributed by atoms with Crippen molar-refractivity contribution in [3.63, 3.8) is 0 Å². The monoisotopic (exact) mass is 497 g/mol. The van der Waals surface area contributed by atoms with Crippen molar-refractivity contribution >= 4 is 35.3 Å². The fraction of sp³-hybridized carbons (Fsp3) is 0.423. The number of benzene rings is 1. The van der Waals surface area contributed by atoms with E-state index in [1.807, 2.05) is 71.3 Å². The van der Waals surface area contributed by atoms with Crippen molar-refractivity contribution < 1.29 is 14.3 Å². The Morgan fingerprint density at radius 1 is 1.14 bits per heavy atom. The number of aromatic nitrogens is 2. The van der Waals surface area contributed by atoms with E-state index in [4.69, 9.17) is 4.74 Å². The summed E-state index contributed by atoms with van der Waals surface area (Å²) >= 11 is 1.68. The number of anilines is 2. The van der Waals surface area contributed by atoms with E-state index in [-0.39, 0.29) is 5.91 Å². The van der Waals surface area contributed by atoms with Gasteiger partial charge in [-0.1, -0.05) is 24.3 Å². The molecule has 3 N–H and O–H groups in total. The Morgan fingerprint density at radius 3 is 2.51 bits per heavy atom. The second-order valence-electron chi connectivity index (χ2n) is 9.23. The molecule has 0 aliphatic heterocycles. The Hall–Kier alpha value is -3.20. The van der Waals surface area contributed by atoms with Crippen LogP contribution in [0.5, 0.6) is 0 Å². The first-order valence-electron chi connectivity index (χ1n) is 11.7. The molecule has 9 heteroatoms. The van der Waals surface area contributed by atoms with Gasteiger partial charge in [-0.05, 0) is 51.3 Å². The van der Waals surface area contributed by atoms with Crippen molar-refractivity contribution in [3.8, 4) is 11.3 Å². The van der Waals surface area contributed by atoms with Gasteiger partial charge in [0.2, 0.25) is 0 Å². The summed E-state index contributed by atoms with van der Waals surface area (Å²) in [6, 6.07) is 9.68. The van der Waals surface area contributed by atoms with Gasteiger partial charge in [-0.3, -0.25) is 9.48 Å². The summed E-state index contributed by atoms with van der Waals surface area (Å²) < 4.78 is 7.03.